The fourth-order valence-corrected chi connectivity index (χ4v) is 2.29. The molecule has 1 saturated heterocycles. The van der Waals surface area contributed by atoms with Crippen molar-refractivity contribution in [3.05, 3.63) is 29.0 Å². The van der Waals surface area contributed by atoms with E-state index in [2.05, 4.69) is 9.88 Å². The first-order valence-corrected chi connectivity index (χ1v) is 6.19. The second-order valence-corrected chi connectivity index (χ2v) is 4.94. The number of rotatable bonds is 3. The summed E-state index contributed by atoms with van der Waals surface area (Å²) in [6.07, 6.45) is 3.31. The molecule has 0 radical (unpaired) electrons. The van der Waals surface area contributed by atoms with Crippen LogP contribution in [0.5, 0.6) is 0 Å². The summed E-state index contributed by atoms with van der Waals surface area (Å²) in [4.78, 5) is 19.0. The maximum atomic E-state index is 11.1. The van der Waals surface area contributed by atoms with Gasteiger partial charge in [0, 0.05) is 38.6 Å². The van der Waals surface area contributed by atoms with E-state index >= 15 is 0 Å². The number of hydrogen-bond acceptors (Lipinski definition) is 4. The van der Waals surface area contributed by atoms with Crippen molar-refractivity contribution in [2.45, 2.75) is 12.6 Å². The van der Waals surface area contributed by atoms with Gasteiger partial charge in [-0.1, -0.05) is 11.6 Å². The average Bonchev–Trinajstić information content (AvgIpc) is 2.34. The monoisotopic (exact) mass is 269 g/mol. The number of hydrogen-bond donors (Lipinski definition) is 1. The van der Waals surface area contributed by atoms with Crippen molar-refractivity contribution >= 4 is 17.6 Å². The largest absolute Gasteiger partial charge is 0.480 e. The number of aliphatic carboxylic acids is 1. The lowest BCUT2D eigenvalue weighted by Crippen LogP contribution is -2.54. The molecule has 1 aliphatic rings. The van der Waals surface area contributed by atoms with Crippen molar-refractivity contribution < 1.29 is 9.90 Å². The molecule has 1 N–H and O–H groups in total. The van der Waals surface area contributed by atoms with Crippen LogP contribution < -0.4 is 0 Å². The molecule has 0 aliphatic carbocycles. The number of aromatic nitrogens is 1. The third kappa shape index (κ3) is 2.98. The predicted molar refractivity (Wildman–Crippen MR) is 68.6 cm³/mol. The van der Waals surface area contributed by atoms with Crippen molar-refractivity contribution in [3.63, 3.8) is 0 Å². The summed E-state index contributed by atoms with van der Waals surface area (Å²) in [6, 6.07) is 1.43. The van der Waals surface area contributed by atoms with E-state index in [1.165, 1.54) is 0 Å². The van der Waals surface area contributed by atoms with Crippen LogP contribution >= 0.6 is 11.6 Å². The van der Waals surface area contributed by atoms with Gasteiger partial charge in [0.25, 0.3) is 0 Å². The molecular formula is C12H16ClN3O2. The molecule has 0 unspecified atom stereocenters. The minimum atomic E-state index is -0.775. The Morgan fingerprint density at radius 1 is 1.61 bits per heavy atom. The summed E-state index contributed by atoms with van der Waals surface area (Å²) < 4.78 is 0. The zero-order valence-corrected chi connectivity index (χ0v) is 11.0. The van der Waals surface area contributed by atoms with Gasteiger partial charge in [0.1, 0.15) is 6.04 Å². The molecule has 1 aliphatic heterocycles. The molecule has 2 rings (SSSR count). The average molecular weight is 270 g/mol. The Morgan fingerprint density at radius 2 is 2.39 bits per heavy atom. The van der Waals surface area contributed by atoms with Gasteiger partial charge in [-0.15, -0.1) is 0 Å². The number of nitrogens with zero attached hydrogens (tertiary/aromatic N) is 3. The SMILES string of the molecule is CN1CCN(Cc2ccncc2Cl)C[C@H]1C(=O)O. The van der Waals surface area contributed by atoms with Gasteiger partial charge in [-0.05, 0) is 18.7 Å². The maximum absolute atomic E-state index is 11.1. The molecule has 0 saturated carbocycles. The van der Waals surface area contributed by atoms with Crippen LogP contribution in [0.25, 0.3) is 0 Å². The molecule has 6 heteroatoms. The number of likely N-dealkylation sites (N-methyl/N-ethyl adjacent to an activating group) is 1. The first-order chi connectivity index (χ1) is 8.58. The van der Waals surface area contributed by atoms with Gasteiger partial charge in [-0.25, -0.2) is 0 Å². The van der Waals surface area contributed by atoms with Gasteiger partial charge in [0.05, 0.1) is 5.02 Å². The Kier molecular flexibility index (Phi) is 4.16. The van der Waals surface area contributed by atoms with Crippen molar-refractivity contribution in [2.24, 2.45) is 0 Å². The number of piperazine rings is 1. The van der Waals surface area contributed by atoms with Gasteiger partial charge < -0.3 is 5.11 Å². The molecule has 2 heterocycles. The molecule has 1 aromatic heterocycles. The van der Waals surface area contributed by atoms with Gasteiger partial charge in [-0.2, -0.15) is 0 Å². The van der Waals surface area contributed by atoms with Crippen LogP contribution in [0.3, 0.4) is 0 Å². The van der Waals surface area contributed by atoms with E-state index in [0.29, 0.717) is 18.1 Å². The standard InChI is InChI=1S/C12H16ClN3O2/c1-15-4-5-16(8-11(15)12(17)18)7-9-2-3-14-6-10(9)13/h2-3,6,11H,4-5,7-8H2,1H3,(H,17,18)/t11-/m0/s1. The van der Waals surface area contributed by atoms with Crippen molar-refractivity contribution in [3.8, 4) is 0 Å². The molecule has 1 atom stereocenters. The smallest absolute Gasteiger partial charge is 0.322 e. The highest BCUT2D eigenvalue weighted by atomic mass is 35.5. The van der Waals surface area contributed by atoms with E-state index < -0.39 is 12.0 Å². The van der Waals surface area contributed by atoms with E-state index in [0.717, 1.165) is 18.7 Å². The lowest BCUT2D eigenvalue weighted by atomic mass is 10.1. The maximum Gasteiger partial charge on any atom is 0.322 e. The Bertz CT molecular complexity index is 441. The molecule has 18 heavy (non-hydrogen) atoms. The highest BCUT2D eigenvalue weighted by Gasteiger charge is 2.29. The zero-order chi connectivity index (χ0) is 13.1. The van der Waals surface area contributed by atoms with Crippen LogP contribution in [-0.2, 0) is 11.3 Å². The lowest BCUT2D eigenvalue weighted by molar-refractivity contribution is -0.145. The summed E-state index contributed by atoms with van der Waals surface area (Å²) in [5.41, 5.74) is 0.986. The minimum Gasteiger partial charge on any atom is -0.480 e. The molecule has 0 amide bonds. The molecule has 0 aromatic carbocycles. The van der Waals surface area contributed by atoms with E-state index in [9.17, 15) is 4.79 Å². The van der Waals surface area contributed by atoms with E-state index in [1.807, 2.05) is 18.0 Å². The molecule has 1 fully saturated rings. The molecule has 5 nitrogen and oxygen atoms in total. The summed E-state index contributed by atoms with van der Waals surface area (Å²) in [6.45, 7) is 2.78. The van der Waals surface area contributed by atoms with Crippen LogP contribution in [0.1, 0.15) is 5.56 Å². The van der Waals surface area contributed by atoms with Crippen molar-refractivity contribution in [1.82, 2.24) is 14.8 Å². The lowest BCUT2D eigenvalue weighted by Gasteiger charge is -2.37. The number of carbonyl (C=O) groups is 1. The fraction of sp³-hybridized carbons (Fsp3) is 0.500. The van der Waals surface area contributed by atoms with Crippen molar-refractivity contribution in [2.75, 3.05) is 26.7 Å². The molecule has 1 aromatic rings. The Labute approximate surface area is 111 Å². The van der Waals surface area contributed by atoms with E-state index in [1.54, 1.807) is 12.4 Å². The van der Waals surface area contributed by atoms with Crippen LogP contribution in [0, 0.1) is 0 Å². The highest BCUT2D eigenvalue weighted by Crippen LogP contribution is 2.18. The van der Waals surface area contributed by atoms with Crippen LogP contribution in [0.15, 0.2) is 18.5 Å². The number of pyridine rings is 1. The third-order valence-electron chi connectivity index (χ3n) is 3.27. The van der Waals surface area contributed by atoms with Crippen LogP contribution in [0.4, 0.5) is 0 Å². The predicted octanol–water partition coefficient (Wildman–Crippen LogP) is 0.936. The minimum absolute atomic E-state index is 0.445. The highest BCUT2D eigenvalue weighted by molar-refractivity contribution is 6.31. The van der Waals surface area contributed by atoms with Crippen molar-refractivity contribution in [1.29, 1.82) is 0 Å². The molecule has 0 spiro atoms. The van der Waals surface area contributed by atoms with Gasteiger partial charge in [0.15, 0.2) is 0 Å². The van der Waals surface area contributed by atoms with Gasteiger partial charge >= 0.3 is 5.97 Å². The second kappa shape index (κ2) is 5.65. The second-order valence-electron chi connectivity index (χ2n) is 4.54. The Hall–Kier alpha value is -1.17. The number of carboxylic acids is 1. The first kappa shape index (κ1) is 13.3. The molecule has 0 bridgehead atoms. The summed E-state index contributed by atoms with van der Waals surface area (Å²) in [5.74, 6) is -0.775. The topological polar surface area (TPSA) is 56.7 Å². The zero-order valence-electron chi connectivity index (χ0n) is 10.2. The van der Waals surface area contributed by atoms with Gasteiger partial charge in [0.2, 0.25) is 0 Å². The summed E-state index contributed by atoms with van der Waals surface area (Å²) >= 11 is 6.06. The summed E-state index contributed by atoms with van der Waals surface area (Å²) in [5, 5.41) is 9.77. The quantitative estimate of drug-likeness (QED) is 0.885. The third-order valence-corrected chi connectivity index (χ3v) is 3.61. The summed E-state index contributed by atoms with van der Waals surface area (Å²) in [7, 11) is 1.84. The number of halogens is 1. The first-order valence-electron chi connectivity index (χ1n) is 5.81. The van der Waals surface area contributed by atoms with Crippen LogP contribution in [-0.4, -0.2) is 58.6 Å². The molecule has 98 valence electrons. The van der Waals surface area contributed by atoms with Crippen LogP contribution in [0.2, 0.25) is 5.02 Å². The molecular weight excluding hydrogens is 254 g/mol. The Morgan fingerprint density at radius 3 is 3.06 bits per heavy atom. The van der Waals surface area contributed by atoms with E-state index in [-0.39, 0.29) is 0 Å². The Balaban J connectivity index is 2.03. The van der Waals surface area contributed by atoms with Gasteiger partial charge in [-0.3, -0.25) is 19.6 Å². The normalized spacial score (nSPS) is 22.0. The number of carboxylic acid groups (broad SMARTS) is 1. The fourth-order valence-electron chi connectivity index (χ4n) is 2.11. The van der Waals surface area contributed by atoms with E-state index in [4.69, 9.17) is 16.7 Å².